The molecule has 1 rings (SSSR count). The molecule has 0 aromatic carbocycles. The van der Waals surface area contributed by atoms with Gasteiger partial charge in [-0.2, -0.15) is 0 Å². The zero-order valence-electron chi connectivity index (χ0n) is 16.1. The lowest BCUT2D eigenvalue weighted by atomic mass is 9.59. The SMILES string of the molecule is O=C(O)CC1(CC(=O)O)CCCCCCCCCNC1(CC(=O)O)CC(=O)O. The summed E-state index contributed by atoms with van der Waals surface area (Å²) < 4.78 is 0. The van der Waals surface area contributed by atoms with Crippen molar-refractivity contribution in [3.05, 3.63) is 0 Å². The van der Waals surface area contributed by atoms with Crippen LogP contribution in [0.4, 0.5) is 0 Å². The van der Waals surface area contributed by atoms with Crippen LogP contribution in [0.25, 0.3) is 0 Å². The zero-order valence-corrected chi connectivity index (χ0v) is 16.1. The Morgan fingerprint density at radius 2 is 1.00 bits per heavy atom. The van der Waals surface area contributed by atoms with Crippen molar-refractivity contribution < 1.29 is 39.6 Å². The summed E-state index contributed by atoms with van der Waals surface area (Å²) in [6.45, 7) is 0.307. The highest BCUT2D eigenvalue weighted by atomic mass is 16.4. The molecule has 28 heavy (non-hydrogen) atoms. The minimum Gasteiger partial charge on any atom is -0.481 e. The molecule has 0 aromatic heterocycles. The highest BCUT2D eigenvalue weighted by Gasteiger charge is 2.55. The van der Waals surface area contributed by atoms with Gasteiger partial charge in [-0.3, -0.25) is 19.2 Å². The minimum atomic E-state index is -1.67. The van der Waals surface area contributed by atoms with Crippen molar-refractivity contribution in [2.75, 3.05) is 6.54 Å². The second-order valence-electron chi connectivity index (χ2n) is 7.80. The summed E-state index contributed by atoms with van der Waals surface area (Å²) >= 11 is 0. The Balaban J connectivity index is 3.53. The Kier molecular flexibility index (Phi) is 9.37. The fourth-order valence-electron chi connectivity index (χ4n) is 4.46. The molecule has 0 aromatic rings. The molecule has 0 aliphatic carbocycles. The lowest BCUT2D eigenvalue weighted by molar-refractivity contribution is -0.157. The number of carboxylic acid groups (broad SMARTS) is 4. The molecule has 5 N–H and O–H groups in total. The zero-order chi connectivity index (χ0) is 21.2. The van der Waals surface area contributed by atoms with Gasteiger partial charge in [0.25, 0.3) is 0 Å². The molecular formula is C19H31NO8. The van der Waals surface area contributed by atoms with E-state index in [0.717, 1.165) is 32.1 Å². The first-order valence-corrected chi connectivity index (χ1v) is 9.75. The van der Waals surface area contributed by atoms with Crippen LogP contribution in [0.15, 0.2) is 0 Å². The fraction of sp³-hybridized carbons (Fsp3) is 0.789. The van der Waals surface area contributed by atoms with Gasteiger partial charge in [-0.15, -0.1) is 0 Å². The first kappa shape index (κ1) is 23.9. The summed E-state index contributed by atoms with van der Waals surface area (Å²) in [7, 11) is 0. The van der Waals surface area contributed by atoms with Crippen molar-refractivity contribution in [1.29, 1.82) is 0 Å². The summed E-state index contributed by atoms with van der Waals surface area (Å²) in [5, 5.41) is 41.1. The number of nitrogens with one attached hydrogen (secondary N) is 1. The van der Waals surface area contributed by atoms with Crippen molar-refractivity contribution in [2.45, 2.75) is 82.6 Å². The van der Waals surface area contributed by atoms with Gasteiger partial charge < -0.3 is 25.7 Å². The van der Waals surface area contributed by atoms with E-state index in [-0.39, 0.29) is 6.42 Å². The Morgan fingerprint density at radius 1 is 0.607 bits per heavy atom. The van der Waals surface area contributed by atoms with Gasteiger partial charge in [-0.25, -0.2) is 0 Å². The van der Waals surface area contributed by atoms with Crippen molar-refractivity contribution in [1.82, 2.24) is 5.32 Å². The number of carbonyl (C=O) groups is 4. The van der Waals surface area contributed by atoms with Crippen LogP contribution in [0.2, 0.25) is 0 Å². The number of hydrogen-bond donors (Lipinski definition) is 5. The van der Waals surface area contributed by atoms with Gasteiger partial charge in [-0.1, -0.05) is 38.5 Å². The Hall–Kier alpha value is -2.16. The maximum Gasteiger partial charge on any atom is 0.305 e. The number of aliphatic carboxylic acids is 4. The second kappa shape index (κ2) is 11.0. The van der Waals surface area contributed by atoms with E-state index in [0.29, 0.717) is 19.4 Å². The van der Waals surface area contributed by atoms with E-state index in [1.807, 2.05) is 0 Å². The van der Waals surface area contributed by atoms with Crippen LogP contribution >= 0.6 is 0 Å². The largest absolute Gasteiger partial charge is 0.481 e. The summed E-state index contributed by atoms with van der Waals surface area (Å²) in [5.41, 5.74) is -3.19. The maximum atomic E-state index is 11.7. The van der Waals surface area contributed by atoms with Gasteiger partial charge in [0.05, 0.1) is 25.7 Å². The van der Waals surface area contributed by atoms with Crippen LogP contribution in [0.5, 0.6) is 0 Å². The van der Waals surface area contributed by atoms with Crippen LogP contribution in [0.3, 0.4) is 0 Å². The normalized spacial score (nSPS) is 20.3. The fourth-order valence-corrected chi connectivity index (χ4v) is 4.46. The molecule has 0 saturated carbocycles. The molecule has 9 nitrogen and oxygen atoms in total. The number of rotatable bonds is 8. The van der Waals surface area contributed by atoms with Crippen LogP contribution < -0.4 is 5.32 Å². The molecule has 1 saturated heterocycles. The van der Waals surface area contributed by atoms with Crippen molar-refractivity contribution in [3.8, 4) is 0 Å². The highest BCUT2D eigenvalue weighted by molar-refractivity contribution is 5.77. The third kappa shape index (κ3) is 7.10. The third-order valence-corrected chi connectivity index (χ3v) is 5.70. The van der Waals surface area contributed by atoms with Crippen LogP contribution in [0, 0.1) is 5.41 Å². The molecule has 1 aliphatic heterocycles. The topological polar surface area (TPSA) is 161 Å². The van der Waals surface area contributed by atoms with Gasteiger partial charge in [0, 0.05) is 11.0 Å². The molecule has 0 unspecified atom stereocenters. The predicted octanol–water partition coefficient (Wildman–Crippen LogP) is 2.33. The van der Waals surface area contributed by atoms with E-state index in [1.165, 1.54) is 0 Å². The van der Waals surface area contributed by atoms with Crippen molar-refractivity contribution >= 4 is 23.9 Å². The average molecular weight is 401 g/mol. The highest BCUT2D eigenvalue weighted by Crippen LogP contribution is 2.48. The summed E-state index contributed by atoms with van der Waals surface area (Å²) in [6, 6.07) is 0. The third-order valence-electron chi connectivity index (χ3n) is 5.70. The number of hydrogen-bond acceptors (Lipinski definition) is 5. The van der Waals surface area contributed by atoms with E-state index in [9.17, 15) is 39.6 Å². The molecule has 0 atom stereocenters. The molecule has 160 valence electrons. The molecule has 1 aliphatic rings. The first-order valence-electron chi connectivity index (χ1n) is 9.75. The maximum absolute atomic E-state index is 11.7. The van der Waals surface area contributed by atoms with Crippen LogP contribution in [-0.2, 0) is 19.2 Å². The minimum absolute atomic E-state index is 0.138. The van der Waals surface area contributed by atoms with E-state index in [1.54, 1.807) is 0 Å². The van der Waals surface area contributed by atoms with E-state index in [4.69, 9.17) is 0 Å². The van der Waals surface area contributed by atoms with E-state index < -0.39 is 60.5 Å². The lowest BCUT2D eigenvalue weighted by Crippen LogP contribution is -2.62. The van der Waals surface area contributed by atoms with Gasteiger partial charge in [0.1, 0.15) is 0 Å². The van der Waals surface area contributed by atoms with Gasteiger partial charge in [-0.05, 0) is 19.4 Å². The molecule has 0 spiro atoms. The summed E-state index contributed by atoms with van der Waals surface area (Å²) in [4.78, 5) is 46.7. The second-order valence-corrected chi connectivity index (χ2v) is 7.80. The van der Waals surface area contributed by atoms with Gasteiger partial charge in [0.2, 0.25) is 0 Å². The van der Waals surface area contributed by atoms with Gasteiger partial charge in [0.15, 0.2) is 0 Å². The van der Waals surface area contributed by atoms with E-state index in [2.05, 4.69) is 5.32 Å². The Labute approximate surface area is 164 Å². The van der Waals surface area contributed by atoms with Crippen LogP contribution in [-0.4, -0.2) is 56.4 Å². The first-order chi connectivity index (χ1) is 13.1. The molecule has 0 radical (unpaired) electrons. The van der Waals surface area contributed by atoms with Crippen molar-refractivity contribution in [2.24, 2.45) is 5.41 Å². The molecule has 0 bridgehead atoms. The summed E-state index contributed by atoms with van der Waals surface area (Å²) in [5.74, 6) is -5.12. The average Bonchev–Trinajstić information content (AvgIpc) is 2.52. The standard InChI is InChI=1S/C19H31NO8/c21-14(22)10-18(11-15(23)24)8-6-4-2-1-3-5-7-9-20-19(18,12-16(25)26)13-17(27)28/h20H,1-13H2,(H,21,22)(H,23,24)(H,25,26)(H,27,28). The molecule has 0 amide bonds. The monoisotopic (exact) mass is 401 g/mol. The molecule has 1 heterocycles. The predicted molar refractivity (Wildman–Crippen MR) is 99.1 cm³/mol. The quantitative estimate of drug-likeness (QED) is 0.411. The smallest absolute Gasteiger partial charge is 0.305 e. The summed E-state index contributed by atoms with van der Waals surface area (Å²) in [6.07, 6.45) is 3.43. The van der Waals surface area contributed by atoms with Crippen LogP contribution in [0.1, 0.15) is 77.0 Å². The van der Waals surface area contributed by atoms with E-state index >= 15 is 0 Å². The lowest BCUT2D eigenvalue weighted by Gasteiger charge is -2.49. The Morgan fingerprint density at radius 3 is 1.43 bits per heavy atom. The van der Waals surface area contributed by atoms with Crippen molar-refractivity contribution in [3.63, 3.8) is 0 Å². The van der Waals surface area contributed by atoms with Gasteiger partial charge >= 0.3 is 23.9 Å². The molecular weight excluding hydrogens is 370 g/mol. The number of carboxylic acids is 4. The molecule has 9 heteroatoms. The molecule has 1 fully saturated rings. The Bertz CT molecular complexity index is 492.